The second kappa shape index (κ2) is 6.95. The van der Waals surface area contributed by atoms with Crippen LogP contribution in [0.15, 0.2) is 18.2 Å². The third kappa shape index (κ3) is 3.64. The Morgan fingerprint density at radius 1 is 1.25 bits per heavy atom. The lowest BCUT2D eigenvalue weighted by atomic mass is 9.98. The Bertz CT molecular complexity index is 428. The number of benzene rings is 1. The van der Waals surface area contributed by atoms with E-state index in [0.29, 0.717) is 12.3 Å². The third-order valence-corrected chi connectivity index (χ3v) is 4.10. The highest BCUT2D eigenvalue weighted by Crippen LogP contribution is 2.30. The molecule has 0 saturated carbocycles. The summed E-state index contributed by atoms with van der Waals surface area (Å²) < 4.78 is 10.6. The van der Waals surface area contributed by atoms with E-state index in [9.17, 15) is 5.11 Å². The molecule has 0 bridgehead atoms. The maximum Gasteiger partial charge on any atom is 0.124 e. The Morgan fingerprint density at radius 3 is 2.55 bits per heavy atom. The summed E-state index contributed by atoms with van der Waals surface area (Å²) in [7, 11) is 3.25. The van der Waals surface area contributed by atoms with Gasteiger partial charge in [0.2, 0.25) is 0 Å². The molecule has 2 rings (SSSR count). The molecule has 4 nitrogen and oxygen atoms in total. The molecule has 0 aromatic heterocycles. The smallest absolute Gasteiger partial charge is 0.124 e. The van der Waals surface area contributed by atoms with Crippen LogP contribution in [0.3, 0.4) is 0 Å². The monoisotopic (exact) mass is 279 g/mol. The number of hydrogen-bond acceptors (Lipinski definition) is 4. The van der Waals surface area contributed by atoms with Gasteiger partial charge in [-0.15, -0.1) is 0 Å². The molecule has 0 amide bonds. The van der Waals surface area contributed by atoms with Gasteiger partial charge in [0, 0.05) is 12.1 Å². The molecule has 112 valence electrons. The van der Waals surface area contributed by atoms with Gasteiger partial charge in [-0.05, 0) is 50.0 Å². The average molecular weight is 279 g/mol. The molecule has 20 heavy (non-hydrogen) atoms. The van der Waals surface area contributed by atoms with Crippen LogP contribution in [0, 0.1) is 5.92 Å². The summed E-state index contributed by atoms with van der Waals surface area (Å²) in [5.74, 6) is 2.26. The first kappa shape index (κ1) is 15.1. The summed E-state index contributed by atoms with van der Waals surface area (Å²) in [6, 6.07) is 5.55. The fourth-order valence-corrected chi connectivity index (χ4v) is 2.69. The summed E-state index contributed by atoms with van der Waals surface area (Å²) in [6.45, 7) is 5.06. The van der Waals surface area contributed by atoms with Crippen LogP contribution < -0.4 is 9.47 Å². The van der Waals surface area contributed by atoms with Crippen molar-refractivity contribution in [2.24, 2.45) is 5.92 Å². The van der Waals surface area contributed by atoms with Crippen molar-refractivity contribution in [2.75, 3.05) is 33.9 Å². The Labute approximate surface area is 121 Å². The van der Waals surface area contributed by atoms with E-state index >= 15 is 0 Å². The molecule has 1 fully saturated rings. The highest BCUT2D eigenvalue weighted by Gasteiger charge is 2.21. The largest absolute Gasteiger partial charge is 0.497 e. The van der Waals surface area contributed by atoms with Crippen molar-refractivity contribution in [3.63, 3.8) is 0 Å². The standard InChI is InChI=1S/C16H25NO3/c1-12-6-8-17(9-7-12)11-15(18)14-10-13(19-2)4-5-16(14)20-3/h4-5,10,12,15,18H,6-9,11H2,1-3H3. The van der Waals surface area contributed by atoms with Crippen LogP contribution in [0.4, 0.5) is 0 Å². The summed E-state index contributed by atoms with van der Waals surface area (Å²) >= 11 is 0. The highest BCUT2D eigenvalue weighted by atomic mass is 16.5. The van der Waals surface area contributed by atoms with Gasteiger partial charge in [-0.1, -0.05) is 6.92 Å². The van der Waals surface area contributed by atoms with Crippen LogP contribution in [-0.2, 0) is 0 Å². The number of hydrogen-bond donors (Lipinski definition) is 1. The van der Waals surface area contributed by atoms with Gasteiger partial charge < -0.3 is 19.5 Å². The minimum absolute atomic E-state index is 0.548. The van der Waals surface area contributed by atoms with Crippen molar-refractivity contribution in [2.45, 2.75) is 25.9 Å². The van der Waals surface area contributed by atoms with Gasteiger partial charge in [0.25, 0.3) is 0 Å². The van der Waals surface area contributed by atoms with Gasteiger partial charge in [0.05, 0.1) is 20.3 Å². The maximum absolute atomic E-state index is 10.5. The molecule has 0 aliphatic carbocycles. The summed E-state index contributed by atoms with van der Waals surface area (Å²) in [5, 5.41) is 10.5. The molecule has 0 radical (unpaired) electrons. The molecule has 1 saturated heterocycles. The van der Waals surface area contributed by atoms with Crippen molar-refractivity contribution in [3.05, 3.63) is 23.8 Å². The number of nitrogens with zero attached hydrogens (tertiary/aromatic N) is 1. The number of likely N-dealkylation sites (tertiary alicyclic amines) is 1. The second-order valence-corrected chi connectivity index (χ2v) is 5.61. The van der Waals surface area contributed by atoms with E-state index in [-0.39, 0.29) is 0 Å². The van der Waals surface area contributed by atoms with E-state index in [1.165, 1.54) is 12.8 Å². The zero-order valence-corrected chi connectivity index (χ0v) is 12.6. The van der Waals surface area contributed by atoms with Crippen molar-refractivity contribution in [1.29, 1.82) is 0 Å². The number of methoxy groups -OCH3 is 2. The van der Waals surface area contributed by atoms with Crippen LogP contribution in [0.2, 0.25) is 0 Å². The molecule has 1 aliphatic rings. The van der Waals surface area contributed by atoms with E-state index in [0.717, 1.165) is 30.3 Å². The van der Waals surface area contributed by atoms with Crippen LogP contribution in [0.25, 0.3) is 0 Å². The lowest BCUT2D eigenvalue weighted by Gasteiger charge is -2.32. The highest BCUT2D eigenvalue weighted by molar-refractivity contribution is 5.41. The number of aliphatic hydroxyl groups excluding tert-OH is 1. The van der Waals surface area contributed by atoms with Crippen molar-refractivity contribution in [1.82, 2.24) is 4.90 Å². The normalized spacial score (nSPS) is 18.8. The van der Waals surface area contributed by atoms with Crippen LogP contribution >= 0.6 is 0 Å². The van der Waals surface area contributed by atoms with E-state index in [1.54, 1.807) is 14.2 Å². The van der Waals surface area contributed by atoms with Gasteiger partial charge in [-0.3, -0.25) is 0 Å². The first-order valence-electron chi connectivity index (χ1n) is 7.26. The lowest BCUT2D eigenvalue weighted by molar-refractivity contribution is 0.0897. The molecule has 1 aliphatic heterocycles. The molecule has 1 unspecified atom stereocenters. The number of rotatable bonds is 5. The van der Waals surface area contributed by atoms with Crippen molar-refractivity contribution in [3.8, 4) is 11.5 Å². The number of aliphatic hydroxyl groups is 1. The predicted molar refractivity (Wildman–Crippen MR) is 79.3 cm³/mol. The second-order valence-electron chi connectivity index (χ2n) is 5.61. The van der Waals surface area contributed by atoms with Gasteiger partial charge in [-0.2, -0.15) is 0 Å². The maximum atomic E-state index is 10.5. The Hall–Kier alpha value is -1.26. The Morgan fingerprint density at radius 2 is 1.95 bits per heavy atom. The van der Waals surface area contributed by atoms with Crippen LogP contribution in [0.5, 0.6) is 11.5 Å². The van der Waals surface area contributed by atoms with E-state index in [2.05, 4.69) is 11.8 Å². The van der Waals surface area contributed by atoms with Gasteiger partial charge in [0.15, 0.2) is 0 Å². The van der Waals surface area contributed by atoms with E-state index in [1.807, 2.05) is 18.2 Å². The van der Waals surface area contributed by atoms with E-state index < -0.39 is 6.10 Å². The summed E-state index contributed by atoms with van der Waals surface area (Å²) in [4.78, 5) is 2.32. The molecule has 1 N–H and O–H groups in total. The zero-order valence-electron chi connectivity index (χ0n) is 12.6. The molecule has 1 heterocycles. The number of piperidine rings is 1. The summed E-state index contributed by atoms with van der Waals surface area (Å²) in [5.41, 5.74) is 0.797. The first-order chi connectivity index (χ1) is 9.63. The minimum Gasteiger partial charge on any atom is -0.497 e. The minimum atomic E-state index is -0.548. The summed E-state index contributed by atoms with van der Waals surface area (Å²) in [6.07, 6.45) is 1.87. The Balaban J connectivity index is 2.05. The SMILES string of the molecule is COc1ccc(OC)c(C(O)CN2CCC(C)CC2)c1. The fourth-order valence-electron chi connectivity index (χ4n) is 2.69. The molecule has 1 aromatic rings. The Kier molecular flexibility index (Phi) is 5.26. The first-order valence-corrected chi connectivity index (χ1v) is 7.26. The molecule has 0 spiro atoms. The molecular formula is C16H25NO3. The quantitative estimate of drug-likeness (QED) is 0.899. The van der Waals surface area contributed by atoms with Crippen molar-refractivity contribution >= 4 is 0 Å². The molecule has 4 heteroatoms. The van der Waals surface area contributed by atoms with Crippen LogP contribution in [0.1, 0.15) is 31.4 Å². The lowest BCUT2D eigenvalue weighted by Crippen LogP contribution is -2.36. The number of β-amino-alcohol motifs (C(OH)–C–C–N with tert-alkyl or cyclic N) is 1. The predicted octanol–water partition coefficient (Wildman–Crippen LogP) is 2.47. The molecular weight excluding hydrogens is 254 g/mol. The topological polar surface area (TPSA) is 41.9 Å². The fraction of sp³-hybridized carbons (Fsp3) is 0.625. The van der Waals surface area contributed by atoms with Crippen molar-refractivity contribution < 1.29 is 14.6 Å². The third-order valence-electron chi connectivity index (χ3n) is 4.10. The molecule has 1 aromatic carbocycles. The van der Waals surface area contributed by atoms with Gasteiger partial charge in [-0.25, -0.2) is 0 Å². The average Bonchev–Trinajstić information content (AvgIpc) is 2.48. The molecule has 1 atom stereocenters. The van der Waals surface area contributed by atoms with Gasteiger partial charge >= 0.3 is 0 Å². The van der Waals surface area contributed by atoms with E-state index in [4.69, 9.17) is 9.47 Å². The number of ether oxygens (including phenoxy) is 2. The van der Waals surface area contributed by atoms with Gasteiger partial charge in [0.1, 0.15) is 11.5 Å². The zero-order chi connectivity index (χ0) is 14.5. The van der Waals surface area contributed by atoms with Crippen LogP contribution in [-0.4, -0.2) is 43.9 Å².